The zero-order valence-corrected chi connectivity index (χ0v) is 20.5. The molecule has 1 amide bonds. The topological polar surface area (TPSA) is 47.4 Å². The van der Waals surface area contributed by atoms with Gasteiger partial charge in [-0.1, -0.05) is 35.9 Å². The van der Waals surface area contributed by atoms with E-state index in [0.717, 1.165) is 43.4 Å². The van der Waals surface area contributed by atoms with Crippen LogP contribution in [0.2, 0.25) is 5.02 Å². The number of ether oxygens (including phenoxy) is 1. The van der Waals surface area contributed by atoms with Crippen molar-refractivity contribution in [3.63, 3.8) is 0 Å². The molecule has 33 heavy (non-hydrogen) atoms. The van der Waals surface area contributed by atoms with Crippen molar-refractivity contribution in [1.29, 1.82) is 0 Å². The molecule has 5 nitrogen and oxygen atoms in total. The molecular weight excluding hydrogens is 502 g/mol. The van der Waals surface area contributed by atoms with Crippen LogP contribution in [0.5, 0.6) is 5.75 Å². The molecular formula is C26H23BrClN3O2. The summed E-state index contributed by atoms with van der Waals surface area (Å²) in [6, 6.07) is 21.6. The Morgan fingerprint density at radius 3 is 2.73 bits per heavy atom. The first kappa shape index (κ1) is 22.0. The number of benzene rings is 3. The summed E-state index contributed by atoms with van der Waals surface area (Å²) in [5, 5.41) is 0.728. The predicted octanol–water partition coefficient (Wildman–Crippen LogP) is 6.36. The number of carbonyl (C=O) groups excluding carboxylic acids is 1. The summed E-state index contributed by atoms with van der Waals surface area (Å²) in [6.07, 6.45) is 0.432. The zero-order chi connectivity index (χ0) is 22.9. The molecule has 5 rings (SSSR count). The second-order valence-electron chi connectivity index (χ2n) is 8.23. The molecule has 168 valence electrons. The van der Waals surface area contributed by atoms with Crippen LogP contribution in [-0.4, -0.2) is 28.6 Å². The number of hydrogen-bond acceptors (Lipinski definition) is 3. The lowest BCUT2D eigenvalue weighted by Gasteiger charge is -2.19. The second-order valence-corrected chi connectivity index (χ2v) is 9.49. The molecule has 3 aromatic carbocycles. The van der Waals surface area contributed by atoms with E-state index in [0.29, 0.717) is 26.1 Å². The number of amides is 1. The molecule has 1 saturated heterocycles. The van der Waals surface area contributed by atoms with Crippen molar-refractivity contribution in [1.82, 2.24) is 9.55 Å². The smallest absolute Gasteiger partial charge is 0.227 e. The Labute approximate surface area is 206 Å². The number of rotatable bonds is 6. The Kier molecular flexibility index (Phi) is 6.13. The van der Waals surface area contributed by atoms with Crippen LogP contribution in [0.4, 0.5) is 5.69 Å². The molecule has 0 radical (unpaired) electrons. The van der Waals surface area contributed by atoms with E-state index >= 15 is 0 Å². The largest absolute Gasteiger partial charge is 0.492 e. The number of nitrogens with zero attached hydrogens (tertiary/aromatic N) is 3. The summed E-state index contributed by atoms with van der Waals surface area (Å²) in [4.78, 5) is 19.7. The first-order valence-corrected chi connectivity index (χ1v) is 12.1. The maximum Gasteiger partial charge on any atom is 0.227 e. The van der Waals surface area contributed by atoms with E-state index in [9.17, 15) is 4.79 Å². The molecule has 1 aliphatic heterocycles. The van der Waals surface area contributed by atoms with Crippen molar-refractivity contribution < 1.29 is 9.53 Å². The number of aryl methyl sites for hydroxylation is 1. The highest BCUT2D eigenvalue weighted by Crippen LogP contribution is 2.36. The maximum absolute atomic E-state index is 12.9. The van der Waals surface area contributed by atoms with Crippen molar-refractivity contribution in [2.24, 2.45) is 0 Å². The van der Waals surface area contributed by atoms with Crippen molar-refractivity contribution in [2.75, 3.05) is 18.1 Å². The van der Waals surface area contributed by atoms with E-state index in [2.05, 4.69) is 26.6 Å². The minimum absolute atomic E-state index is 0.00906. The first-order valence-electron chi connectivity index (χ1n) is 10.9. The van der Waals surface area contributed by atoms with Crippen LogP contribution in [0.15, 0.2) is 71.2 Å². The summed E-state index contributed by atoms with van der Waals surface area (Å²) in [5.74, 6) is 1.84. The highest BCUT2D eigenvalue weighted by molar-refractivity contribution is 9.10. The minimum atomic E-state index is 0.00906. The number of hydrogen-bond donors (Lipinski definition) is 0. The molecule has 2 heterocycles. The standard InChI is InChI=1S/C26H23BrClN3O2/c1-17-14-19(10-11-21(17)28)33-13-12-30-24-9-5-3-7-22(24)29-26(30)18-15-25(32)31(16-18)23-8-4-2-6-20(23)27/h2-11,14,18H,12-13,15-16H2,1H3. The number of fused-ring (bicyclic) bond motifs is 1. The van der Waals surface area contributed by atoms with Crippen molar-refractivity contribution >= 4 is 50.2 Å². The third-order valence-electron chi connectivity index (χ3n) is 6.03. The number of aromatic nitrogens is 2. The summed E-state index contributed by atoms with van der Waals surface area (Å²) in [6.45, 7) is 3.69. The van der Waals surface area contributed by atoms with Crippen LogP contribution in [0, 0.1) is 6.92 Å². The van der Waals surface area contributed by atoms with Gasteiger partial charge in [0.2, 0.25) is 5.91 Å². The fraction of sp³-hybridized carbons (Fsp3) is 0.231. The summed E-state index contributed by atoms with van der Waals surface area (Å²) >= 11 is 9.71. The monoisotopic (exact) mass is 523 g/mol. The zero-order valence-electron chi connectivity index (χ0n) is 18.2. The molecule has 0 aliphatic carbocycles. The molecule has 7 heteroatoms. The number of carbonyl (C=O) groups is 1. The van der Waals surface area contributed by atoms with Crippen LogP contribution >= 0.6 is 27.5 Å². The van der Waals surface area contributed by atoms with Gasteiger partial charge < -0.3 is 14.2 Å². The average Bonchev–Trinajstić information content (AvgIpc) is 3.37. The van der Waals surface area contributed by atoms with Gasteiger partial charge in [0.05, 0.1) is 23.3 Å². The van der Waals surface area contributed by atoms with Gasteiger partial charge in [0.15, 0.2) is 0 Å². The summed E-state index contributed by atoms with van der Waals surface area (Å²) in [7, 11) is 0. The highest BCUT2D eigenvalue weighted by Gasteiger charge is 2.35. The van der Waals surface area contributed by atoms with Gasteiger partial charge in [-0.05, 0) is 70.9 Å². The number of imidazole rings is 1. The molecule has 0 spiro atoms. The van der Waals surface area contributed by atoms with Crippen molar-refractivity contribution in [3.05, 3.63) is 87.6 Å². The van der Waals surface area contributed by atoms with Crippen molar-refractivity contribution in [2.45, 2.75) is 25.8 Å². The second kappa shape index (κ2) is 9.20. The summed E-state index contributed by atoms with van der Waals surface area (Å²) < 4.78 is 9.13. The molecule has 1 unspecified atom stereocenters. The van der Waals surface area contributed by atoms with Gasteiger partial charge in [0.1, 0.15) is 18.2 Å². The van der Waals surface area contributed by atoms with Crippen LogP contribution < -0.4 is 9.64 Å². The average molecular weight is 525 g/mol. The van der Waals surface area contributed by atoms with Gasteiger partial charge in [0, 0.05) is 28.4 Å². The van der Waals surface area contributed by atoms with Gasteiger partial charge in [-0.25, -0.2) is 4.98 Å². The van der Waals surface area contributed by atoms with E-state index in [4.69, 9.17) is 21.3 Å². The fourth-order valence-corrected chi connectivity index (χ4v) is 5.00. The van der Waals surface area contributed by atoms with E-state index < -0.39 is 0 Å². The SMILES string of the molecule is Cc1cc(OCCn2c(C3CC(=O)N(c4ccccc4Br)C3)nc3ccccc32)ccc1Cl. The Morgan fingerprint density at radius 1 is 1.12 bits per heavy atom. The van der Waals surface area contributed by atoms with Crippen molar-refractivity contribution in [3.8, 4) is 5.75 Å². The normalized spacial score (nSPS) is 16.0. The van der Waals surface area contributed by atoms with E-state index in [1.54, 1.807) is 0 Å². The van der Waals surface area contributed by atoms with Crippen LogP contribution in [-0.2, 0) is 11.3 Å². The van der Waals surface area contributed by atoms with E-state index in [1.165, 1.54) is 0 Å². The molecule has 1 fully saturated rings. The van der Waals surface area contributed by atoms with Gasteiger partial charge in [-0.3, -0.25) is 4.79 Å². The van der Waals surface area contributed by atoms with Crippen LogP contribution in [0.3, 0.4) is 0 Å². The third-order valence-corrected chi connectivity index (χ3v) is 7.13. The first-order chi connectivity index (χ1) is 16.0. The molecule has 0 N–H and O–H groups in total. The van der Waals surface area contributed by atoms with E-state index in [-0.39, 0.29) is 11.8 Å². The Morgan fingerprint density at radius 2 is 1.91 bits per heavy atom. The van der Waals surface area contributed by atoms with Gasteiger partial charge >= 0.3 is 0 Å². The quantitative estimate of drug-likeness (QED) is 0.295. The number of anilines is 1. The van der Waals surface area contributed by atoms with Gasteiger partial charge in [-0.15, -0.1) is 0 Å². The predicted molar refractivity (Wildman–Crippen MR) is 135 cm³/mol. The molecule has 1 aliphatic rings. The minimum Gasteiger partial charge on any atom is -0.492 e. The molecule has 4 aromatic rings. The Hall–Kier alpha value is -2.83. The lowest BCUT2D eigenvalue weighted by Crippen LogP contribution is -2.25. The Balaban J connectivity index is 1.40. The highest BCUT2D eigenvalue weighted by atomic mass is 79.9. The number of halogens is 2. The van der Waals surface area contributed by atoms with E-state index in [1.807, 2.05) is 72.5 Å². The lowest BCUT2D eigenvalue weighted by molar-refractivity contribution is -0.117. The Bertz CT molecular complexity index is 1340. The van der Waals surface area contributed by atoms with Crippen LogP contribution in [0.25, 0.3) is 11.0 Å². The van der Waals surface area contributed by atoms with Gasteiger partial charge in [0.25, 0.3) is 0 Å². The lowest BCUT2D eigenvalue weighted by atomic mass is 10.1. The molecule has 0 saturated carbocycles. The summed E-state index contributed by atoms with van der Waals surface area (Å²) in [5.41, 5.74) is 3.87. The third kappa shape index (κ3) is 4.37. The maximum atomic E-state index is 12.9. The fourth-order valence-electron chi connectivity index (χ4n) is 4.39. The molecule has 0 bridgehead atoms. The van der Waals surface area contributed by atoms with Gasteiger partial charge in [-0.2, -0.15) is 0 Å². The molecule has 1 atom stereocenters. The number of para-hydroxylation sites is 3. The molecule has 1 aromatic heterocycles. The van der Waals surface area contributed by atoms with Crippen LogP contribution in [0.1, 0.15) is 23.7 Å².